The first-order valence-corrected chi connectivity index (χ1v) is 9.74. The van der Waals surface area contributed by atoms with Gasteiger partial charge in [0.2, 0.25) is 10.0 Å². The third-order valence-corrected chi connectivity index (χ3v) is 6.32. The molecule has 25 heavy (non-hydrogen) atoms. The van der Waals surface area contributed by atoms with Crippen LogP contribution in [0.15, 0.2) is 59.5 Å². The van der Waals surface area contributed by atoms with Gasteiger partial charge in [-0.15, -0.1) is 0 Å². The average Bonchev–Trinajstić information content (AvgIpc) is 2.63. The minimum absolute atomic E-state index is 0.273. The number of hydrogen-bond donors (Lipinski definition) is 0. The number of rotatable bonds is 4. The number of benzene rings is 2. The Morgan fingerprint density at radius 2 is 1.60 bits per heavy atom. The smallest absolute Gasteiger partial charge is 0.314 e. The lowest BCUT2D eigenvalue weighted by atomic mass is 9.98. The highest BCUT2D eigenvalue weighted by Gasteiger charge is 2.32. The molecule has 2 aromatic carbocycles. The zero-order valence-electron chi connectivity index (χ0n) is 14.1. The molecule has 0 radical (unpaired) electrons. The quantitative estimate of drug-likeness (QED) is 0.622. The van der Waals surface area contributed by atoms with Crippen molar-refractivity contribution in [1.82, 2.24) is 4.31 Å². The second kappa shape index (κ2) is 7.37. The molecule has 132 valence electrons. The van der Waals surface area contributed by atoms with Crippen LogP contribution in [0.3, 0.4) is 0 Å². The molecule has 0 saturated carbocycles. The van der Waals surface area contributed by atoms with E-state index >= 15 is 0 Å². The number of carbonyl (C=O) groups is 1. The van der Waals surface area contributed by atoms with Gasteiger partial charge in [0.25, 0.3) is 0 Å². The molecule has 1 heterocycles. The molecule has 0 aliphatic carbocycles. The van der Waals surface area contributed by atoms with Crippen LogP contribution in [0, 0.1) is 12.8 Å². The fraction of sp³-hybridized carbons (Fsp3) is 0.316. The first-order valence-electron chi connectivity index (χ1n) is 8.30. The Balaban J connectivity index is 1.61. The van der Waals surface area contributed by atoms with Crippen molar-refractivity contribution >= 4 is 16.0 Å². The maximum atomic E-state index is 12.7. The first kappa shape index (κ1) is 17.6. The monoisotopic (exact) mass is 359 g/mol. The van der Waals surface area contributed by atoms with Gasteiger partial charge in [0, 0.05) is 13.1 Å². The molecule has 3 rings (SSSR count). The zero-order chi connectivity index (χ0) is 17.9. The molecule has 1 fully saturated rings. The molecule has 0 amide bonds. The Bertz CT molecular complexity index is 823. The second-order valence-corrected chi connectivity index (χ2v) is 8.16. The van der Waals surface area contributed by atoms with Crippen LogP contribution in [-0.2, 0) is 14.8 Å². The number of nitrogens with zero attached hydrogens (tertiary/aromatic N) is 1. The number of ether oxygens (including phenoxy) is 1. The summed E-state index contributed by atoms with van der Waals surface area (Å²) < 4.78 is 32.2. The SMILES string of the molecule is Cc1ccc(S(=O)(=O)N2CCC(C(=O)Oc3ccccc3)CC2)cc1. The molecule has 0 unspecified atom stereocenters. The van der Waals surface area contributed by atoms with E-state index in [0.717, 1.165) is 5.56 Å². The van der Waals surface area contributed by atoms with E-state index in [1.165, 1.54) is 4.31 Å². The van der Waals surface area contributed by atoms with E-state index in [-0.39, 0.29) is 11.9 Å². The van der Waals surface area contributed by atoms with Crippen LogP contribution in [0.25, 0.3) is 0 Å². The third-order valence-electron chi connectivity index (χ3n) is 4.41. The van der Waals surface area contributed by atoms with Gasteiger partial charge in [-0.3, -0.25) is 4.79 Å². The summed E-state index contributed by atoms with van der Waals surface area (Å²) in [5.41, 5.74) is 1.02. The van der Waals surface area contributed by atoms with Gasteiger partial charge >= 0.3 is 5.97 Å². The van der Waals surface area contributed by atoms with Crippen LogP contribution in [0.4, 0.5) is 0 Å². The molecule has 1 aliphatic rings. The second-order valence-electron chi connectivity index (χ2n) is 6.23. The van der Waals surface area contributed by atoms with Crippen LogP contribution in [0.5, 0.6) is 5.75 Å². The Labute approximate surface area is 148 Å². The average molecular weight is 359 g/mol. The van der Waals surface area contributed by atoms with Crippen LogP contribution < -0.4 is 4.74 Å². The molecule has 5 nitrogen and oxygen atoms in total. The van der Waals surface area contributed by atoms with Crippen molar-refractivity contribution in [3.8, 4) is 5.75 Å². The van der Waals surface area contributed by atoms with Gasteiger partial charge in [-0.1, -0.05) is 35.9 Å². The molecule has 0 aromatic heterocycles. The topological polar surface area (TPSA) is 63.7 Å². The number of carbonyl (C=O) groups excluding carboxylic acids is 1. The lowest BCUT2D eigenvalue weighted by Crippen LogP contribution is -2.41. The number of para-hydroxylation sites is 1. The van der Waals surface area contributed by atoms with Gasteiger partial charge in [-0.2, -0.15) is 4.31 Å². The van der Waals surface area contributed by atoms with E-state index < -0.39 is 10.0 Å². The van der Waals surface area contributed by atoms with Crippen molar-refractivity contribution in [2.24, 2.45) is 5.92 Å². The molecule has 6 heteroatoms. The summed E-state index contributed by atoms with van der Waals surface area (Å²) >= 11 is 0. The summed E-state index contributed by atoms with van der Waals surface area (Å²) in [7, 11) is -3.51. The van der Waals surface area contributed by atoms with Crippen LogP contribution in [0.2, 0.25) is 0 Å². The van der Waals surface area contributed by atoms with Gasteiger partial charge in [0.15, 0.2) is 0 Å². The van der Waals surface area contributed by atoms with Gasteiger partial charge < -0.3 is 4.74 Å². The molecular formula is C19H21NO4S. The highest BCUT2D eigenvalue weighted by molar-refractivity contribution is 7.89. The van der Waals surface area contributed by atoms with Crippen molar-refractivity contribution in [1.29, 1.82) is 0 Å². The highest BCUT2D eigenvalue weighted by Crippen LogP contribution is 2.25. The summed E-state index contributed by atoms with van der Waals surface area (Å²) in [6.45, 7) is 2.57. The van der Waals surface area contributed by atoms with Crippen LogP contribution in [0.1, 0.15) is 18.4 Å². The number of sulfonamides is 1. The number of aryl methyl sites for hydroxylation is 1. The fourth-order valence-corrected chi connectivity index (χ4v) is 4.35. The number of hydrogen-bond acceptors (Lipinski definition) is 4. The number of piperidine rings is 1. The van der Waals surface area contributed by atoms with Gasteiger partial charge in [-0.25, -0.2) is 8.42 Å². The van der Waals surface area contributed by atoms with Crippen molar-refractivity contribution in [2.75, 3.05) is 13.1 Å². The molecular weight excluding hydrogens is 338 g/mol. The van der Waals surface area contributed by atoms with Crippen molar-refractivity contribution in [3.05, 3.63) is 60.2 Å². The maximum absolute atomic E-state index is 12.7. The summed E-state index contributed by atoms with van der Waals surface area (Å²) in [4.78, 5) is 12.5. The predicted molar refractivity (Wildman–Crippen MR) is 94.7 cm³/mol. The Kier molecular flexibility index (Phi) is 5.20. The van der Waals surface area contributed by atoms with Crippen molar-refractivity contribution < 1.29 is 17.9 Å². The summed E-state index contributed by atoms with van der Waals surface area (Å²) in [5, 5.41) is 0. The van der Waals surface area contributed by atoms with E-state index in [9.17, 15) is 13.2 Å². The van der Waals surface area contributed by atoms with E-state index in [2.05, 4.69) is 0 Å². The summed E-state index contributed by atoms with van der Waals surface area (Å²) in [6.07, 6.45) is 0.938. The molecule has 0 spiro atoms. The minimum atomic E-state index is -3.51. The Morgan fingerprint density at radius 3 is 2.20 bits per heavy atom. The lowest BCUT2D eigenvalue weighted by molar-refractivity contribution is -0.140. The molecule has 0 bridgehead atoms. The third kappa shape index (κ3) is 4.08. The Hall–Kier alpha value is -2.18. The Morgan fingerprint density at radius 1 is 1.00 bits per heavy atom. The lowest BCUT2D eigenvalue weighted by Gasteiger charge is -2.30. The number of esters is 1. The van der Waals surface area contributed by atoms with Crippen LogP contribution >= 0.6 is 0 Å². The highest BCUT2D eigenvalue weighted by atomic mass is 32.2. The summed E-state index contributed by atoms with van der Waals surface area (Å²) in [6, 6.07) is 15.8. The van der Waals surface area contributed by atoms with E-state index in [4.69, 9.17) is 4.74 Å². The minimum Gasteiger partial charge on any atom is -0.426 e. The molecule has 0 N–H and O–H groups in total. The zero-order valence-corrected chi connectivity index (χ0v) is 14.9. The predicted octanol–water partition coefficient (Wildman–Crippen LogP) is 3.00. The van der Waals surface area contributed by atoms with Crippen molar-refractivity contribution in [2.45, 2.75) is 24.7 Å². The fourth-order valence-electron chi connectivity index (χ4n) is 2.88. The van der Waals surface area contributed by atoms with Crippen molar-refractivity contribution in [3.63, 3.8) is 0 Å². The van der Waals surface area contributed by atoms with E-state index in [1.807, 2.05) is 13.0 Å². The maximum Gasteiger partial charge on any atom is 0.314 e. The van der Waals surface area contributed by atoms with Gasteiger partial charge in [0.05, 0.1) is 10.8 Å². The first-order chi connectivity index (χ1) is 12.0. The molecule has 1 aliphatic heterocycles. The summed E-state index contributed by atoms with van der Waals surface area (Å²) in [5.74, 6) is -0.0505. The standard InChI is InChI=1S/C19H21NO4S/c1-15-7-9-18(10-8-15)25(22,23)20-13-11-16(12-14-20)19(21)24-17-5-3-2-4-6-17/h2-10,16H,11-14H2,1H3. The van der Waals surface area contributed by atoms with E-state index in [1.54, 1.807) is 48.5 Å². The molecule has 2 aromatic rings. The molecule has 1 saturated heterocycles. The van der Waals surface area contributed by atoms with Gasteiger partial charge in [-0.05, 0) is 44.0 Å². The normalized spacial score (nSPS) is 16.5. The van der Waals surface area contributed by atoms with E-state index in [0.29, 0.717) is 36.6 Å². The molecule has 0 atom stereocenters. The largest absolute Gasteiger partial charge is 0.426 e. The van der Waals surface area contributed by atoms with Gasteiger partial charge in [0.1, 0.15) is 5.75 Å². The van der Waals surface area contributed by atoms with Crippen LogP contribution in [-0.4, -0.2) is 31.8 Å².